The zero-order chi connectivity index (χ0) is 24.6. The van der Waals surface area contributed by atoms with Gasteiger partial charge < -0.3 is 25.7 Å². The highest BCUT2D eigenvalue weighted by Crippen LogP contribution is 2.23. The normalized spacial score (nSPS) is 13.7. The number of nitrogens with zero attached hydrogens (tertiary/aromatic N) is 1. The molecule has 1 aliphatic heterocycles. The number of likely N-dealkylation sites (tertiary alicyclic amines) is 1. The molecule has 4 rings (SSSR count). The van der Waals surface area contributed by atoms with Crippen molar-refractivity contribution in [3.05, 3.63) is 71.2 Å². The third kappa shape index (κ3) is 7.02. The quantitative estimate of drug-likeness (QED) is 0.260. The third-order valence-electron chi connectivity index (χ3n) is 6.52. The molecule has 0 spiro atoms. The summed E-state index contributed by atoms with van der Waals surface area (Å²) in [7, 11) is 0. The molecule has 1 aliphatic rings. The van der Waals surface area contributed by atoms with Crippen molar-refractivity contribution >= 4 is 34.1 Å². The van der Waals surface area contributed by atoms with Crippen LogP contribution in [0.2, 0.25) is 0 Å². The molecule has 1 amide bonds. The summed E-state index contributed by atoms with van der Waals surface area (Å²) in [4.78, 5) is 16.3. The number of primary amides is 1. The Morgan fingerprint density at radius 2 is 2.00 bits per heavy atom. The topological polar surface area (TPSA) is 83.4 Å². The van der Waals surface area contributed by atoms with Crippen LogP contribution >= 0.6 is 12.2 Å². The summed E-state index contributed by atoms with van der Waals surface area (Å²) in [6.07, 6.45) is 6.82. The molecule has 2 aromatic carbocycles. The minimum absolute atomic E-state index is 0.131. The van der Waals surface area contributed by atoms with Crippen LogP contribution in [0.4, 0.5) is 4.39 Å². The highest BCUT2D eigenvalue weighted by molar-refractivity contribution is 7.80. The van der Waals surface area contributed by atoms with E-state index in [1.807, 2.05) is 12.1 Å². The van der Waals surface area contributed by atoms with Crippen LogP contribution in [0.15, 0.2) is 48.7 Å². The van der Waals surface area contributed by atoms with E-state index in [-0.39, 0.29) is 19.0 Å². The van der Waals surface area contributed by atoms with Crippen LogP contribution in [-0.4, -0.2) is 47.1 Å². The van der Waals surface area contributed by atoms with Gasteiger partial charge in [-0.15, -0.1) is 0 Å². The van der Waals surface area contributed by atoms with Crippen LogP contribution in [0.3, 0.4) is 0 Å². The van der Waals surface area contributed by atoms with E-state index in [1.54, 1.807) is 6.07 Å². The van der Waals surface area contributed by atoms with Crippen LogP contribution in [0.25, 0.3) is 10.9 Å². The molecule has 0 saturated carbocycles. The lowest BCUT2D eigenvalue weighted by atomic mass is 9.93. The van der Waals surface area contributed by atoms with Gasteiger partial charge in [0, 0.05) is 36.7 Å². The second kappa shape index (κ2) is 12.1. The van der Waals surface area contributed by atoms with E-state index in [1.165, 1.54) is 22.5 Å². The molecule has 0 bridgehead atoms. The second-order valence-electron chi connectivity index (χ2n) is 9.24. The summed E-state index contributed by atoms with van der Waals surface area (Å²) in [5.74, 6) is -0.0619. The molecule has 8 heteroatoms. The van der Waals surface area contributed by atoms with E-state index in [0.717, 1.165) is 56.0 Å². The van der Waals surface area contributed by atoms with Gasteiger partial charge in [-0.05, 0) is 72.6 Å². The monoisotopic (exact) mass is 496 g/mol. The summed E-state index contributed by atoms with van der Waals surface area (Å²) in [5.41, 5.74) is 9.09. The SMILES string of the molecule is NC(=O)COCc1ccc(F)c(CCCCC2CN(C(=S)NCCc3c[nH]c4ccccc34)C2)c1. The highest BCUT2D eigenvalue weighted by Gasteiger charge is 2.27. The maximum Gasteiger partial charge on any atom is 0.243 e. The van der Waals surface area contributed by atoms with Crippen molar-refractivity contribution in [2.24, 2.45) is 11.7 Å². The van der Waals surface area contributed by atoms with E-state index in [9.17, 15) is 9.18 Å². The lowest BCUT2D eigenvalue weighted by molar-refractivity contribution is -0.122. The van der Waals surface area contributed by atoms with E-state index in [2.05, 4.69) is 39.6 Å². The average Bonchev–Trinajstić information content (AvgIpc) is 3.22. The Hall–Kier alpha value is -2.97. The Kier molecular flexibility index (Phi) is 8.71. The zero-order valence-electron chi connectivity index (χ0n) is 19.9. The van der Waals surface area contributed by atoms with Crippen LogP contribution in [0, 0.1) is 11.7 Å². The lowest BCUT2D eigenvalue weighted by Gasteiger charge is -2.41. The fraction of sp³-hybridized carbons (Fsp3) is 0.407. The molecule has 0 aliphatic carbocycles. The summed E-state index contributed by atoms with van der Waals surface area (Å²) in [6, 6.07) is 13.3. The number of thiocarbonyl (C=S) groups is 1. The number of aryl methyl sites for hydroxylation is 1. The molecule has 186 valence electrons. The minimum atomic E-state index is -0.510. The zero-order valence-corrected chi connectivity index (χ0v) is 20.7. The fourth-order valence-corrected chi connectivity index (χ4v) is 4.85. The first-order valence-corrected chi connectivity index (χ1v) is 12.6. The first kappa shape index (κ1) is 25.1. The van der Waals surface area contributed by atoms with Crippen molar-refractivity contribution in [3.63, 3.8) is 0 Å². The number of H-pyrrole nitrogens is 1. The van der Waals surface area contributed by atoms with Crippen molar-refractivity contribution in [3.8, 4) is 0 Å². The summed E-state index contributed by atoms with van der Waals surface area (Å²) < 4.78 is 19.4. The van der Waals surface area contributed by atoms with Crippen molar-refractivity contribution in [2.45, 2.75) is 38.7 Å². The first-order chi connectivity index (χ1) is 17.0. The molecule has 1 aromatic heterocycles. The number of nitrogens with two attached hydrogens (primary N) is 1. The maximum atomic E-state index is 14.1. The van der Waals surface area contributed by atoms with E-state index in [0.29, 0.717) is 17.9 Å². The Morgan fingerprint density at radius 3 is 2.83 bits per heavy atom. The molecule has 35 heavy (non-hydrogen) atoms. The molecule has 3 aromatic rings. The van der Waals surface area contributed by atoms with Gasteiger partial charge in [0.05, 0.1) is 6.61 Å². The molecule has 0 radical (unpaired) electrons. The Morgan fingerprint density at radius 1 is 1.17 bits per heavy atom. The average molecular weight is 497 g/mol. The van der Waals surface area contributed by atoms with Crippen LogP contribution < -0.4 is 11.1 Å². The molecular weight excluding hydrogens is 463 g/mol. The van der Waals surface area contributed by atoms with E-state index >= 15 is 0 Å². The number of rotatable bonds is 12. The standard InChI is InChI=1S/C27H33FN4O2S/c28-24-10-9-19(17-34-18-26(29)33)13-21(24)6-2-1-5-20-15-32(16-20)27(35)30-12-11-22-14-31-25-8-4-3-7-23(22)25/h3-4,7-10,13-14,20,31H,1-2,5-6,11-12,15-18H2,(H2,29,33)(H,30,35). The van der Waals surface area contributed by atoms with Gasteiger partial charge in [0.15, 0.2) is 5.11 Å². The van der Waals surface area contributed by atoms with Gasteiger partial charge >= 0.3 is 0 Å². The lowest BCUT2D eigenvalue weighted by Crippen LogP contribution is -2.53. The molecule has 0 unspecified atom stereocenters. The summed E-state index contributed by atoms with van der Waals surface area (Å²) >= 11 is 5.57. The first-order valence-electron chi connectivity index (χ1n) is 12.2. The predicted octanol–water partition coefficient (Wildman–Crippen LogP) is 4.07. The van der Waals surface area contributed by atoms with Gasteiger partial charge in [0.25, 0.3) is 0 Å². The summed E-state index contributed by atoms with van der Waals surface area (Å²) in [5, 5.41) is 5.50. The molecule has 1 saturated heterocycles. The van der Waals surface area contributed by atoms with Crippen molar-refractivity contribution in [1.82, 2.24) is 15.2 Å². The van der Waals surface area contributed by atoms with Crippen LogP contribution in [-0.2, 0) is 29.0 Å². The number of halogens is 1. The number of para-hydroxylation sites is 1. The molecule has 4 N–H and O–H groups in total. The number of benzene rings is 2. The van der Waals surface area contributed by atoms with Gasteiger partial charge in [-0.3, -0.25) is 4.79 Å². The maximum absolute atomic E-state index is 14.1. The Balaban J connectivity index is 1.10. The number of nitrogens with one attached hydrogen (secondary N) is 2. The third-order valence-corrected chi connectivity index (χ3v) is 6.92. The number of aromatic nitrogens is 1. The Labute approximate surface area is 211 Å². The fourth-order valence-electron chi connectivity index (χ4n) is 4.60. The molecule has 2 heterocycles. The number of carbonyl (C=O) groups excluding carboxylic acids is 1. The Bertz CT molecular complexity index is 1160. The smallest absolute Gasteiger partial charge is 0.243 e. The number of hydrogen-bond donors (Lipinski definition) is 3. The van der Waals surface area contributed by atoms with Gasteiger partial charge in [-0.2, -0.15) is 0 Å². The molecule has 1 fully saturated rings. The number of hydrogen-bond acceptors (Lipinski definition) is 3. The number of carbonyl (C=O) groups is 1. The van der Waals surface area contributed by atoms with Crippen LogP contribution in [0.5, 0.6) is 0 Å². The molecular formula is C27H33FN4O2S. The van der Waals surface area contributed by atoms with Gasteiger partial charge in [-0.25, -0.2) is 4.39 Å². The number of aromatic amines is 1. The van der Waals surface area contributed by atoms with Crippen molar-refractivity contribution in [2.75, 3.05) is 26.2 Å². The van der Waals surface area contributed by atoms with Crippen LogP contribution in [0.1, 0.15) is 36.0 Å². The highest BCUT2D eigenvalue weighted by atomic mass is 32.1. The number of fused-ring (bicyclic) bond motifs is 1. The van der Waals surface area contributed by atoms with Gasteiger partial charge in [0.1, 0.15) is 12.4 Å². The van der Waals surface area contributed by atoms with Crippen molar-refractivity contribution in [1.29, 1.82) is 0 Å². The number of ether oxygens (including phenoxy) is 1. The molecule has 6 nitrogen and oxygen atoms in total. The van der Waals surface area contributed by atoms with Gasteiger partial charge in [0.2, 0.25) is 5.91 Å². The second-order valence-corrected chi connectivity index (χ2v) is 9.63. The van der Waals surface area contributed by atoms with E-state index in [4.69, 9.17) is 22.7 Å². The predicted molar refractivity (Wildman–Crippen MR) is 140 cm³/mol. The molecule has 0 atom stereocenters. The number of unbranched alkanes of at least 4 members (excludes halogenated alkanes) is 1. The number of amides is 1. The van der Waals surface area contributed by atoms with E-state index < -0.39 is 5.91 Å². The van der Waals surface area contributed by atoms with Crippen molar-refractivity contribution < 1.29 is 13.9 Å². The minimum Gasteiger partial charge on any atom is -0.368 e. The summed E-state index contributed by atoms with van der Waals surface area (Å²) in [6.45, 7) is 2.91. The van der Waals surface area contributed by atoms with Gasteiger partial charge in [-0.1, -0.05) is 36.8 Å². The largest absolute Gasteiger partial charge is 0.368 e.